The van der Waals surface area contributed by atoms with E-state index in [1.165, 1.54) is 38.8 Å². The molecule has 18 heavy (non-hydrogen) atoms. The van der Waals surface area contributed by atoms with Crippen molar-refractivity contribution in [2.75, 3.05) is 19.6 Å². The van der Waals surface area contributed by atoms with Crippen molar-refractivity contribution in [3.63, 3.8) is 0 Å². The van der Waals surface area contributed by atoms with Gasteiger partial charge in [-0.15, -0.1) is 0 Å². The summed E-state index contributed by atoms with van der Waals surface area (Å²) in [5.41, 5.74) is 0. The predicted octanol–water partition coefficient (Wildman–Crippen LogP) is 3.52. The van der Waals surface area contributed by atoms with Crippen LogP contribution in [0.5, 0.6) is 0 Å². The average Bonchev–Trinajstić information content (AvgIpc) is 2.36. The molecule has 1 saturated heterocycles. The quantitative estimate of drug-likeness (QED) is 0.748. The molecule has 1 rings (SSSR count). The van der Waals surface area contributed by atoms with Crippen LogP contribution in [0.25, 0.3) is 0 Å². The first-order valence-electron chi connectivity index (χ1n) is 8.02. The Bertz CT molecular complexity index is 207. The zero-order valence-corrected chi connectivity index (χ0v) is 13.2. The highest BCUT2D eigenvalue weighted by Gasteiger charge is 2.24. The van der Waals surface area contributed by atoms with Gasteiger partial charge in [-0.2, -0.15) is 0 Å². The molecule has 0 aromatic heterocycles. The molecule has 108 valence electrons. The lowest BCUT2D eigenvalue weighted by Crippen LogP contribution is -2.46. The van der Waals surface area contributed by atoms with Crippen LogP contribution in [0, 0.1) is 11.8 Å². The Morgan fingerprint density at radius 2 is 1.72 bits per heavy atom. The second-order valence-corrected chi connectivity index (χ2v) is 6.56. The Morgan fingerprint density at radius 1 is 1.11 bits per heavy atom. The van der Waals surface area contributed by atoms with E-state index in [1.54, 1.807) is 0 Å². The number of hydrogen-bond donors (Lipinski definition) is 1. The molecule has 0 bridgehead atoms. The van der Waals surface area contributed by atoms with Gasteiger partial charge in [-0.25, -0.2) is 0 Å². The molecule has 1 heterocycles. The first kappa shape index (κ1) is 16.0. The van der Waals surface area contributed by atoms with Crippen molar-refractivity contribution < 1.29 is 0 Å². The summed E-state index contributed by atoms with van der Waals surface area (Å²) in [7, 11) is 0. The third kappa shape index (κ3) is 5.27. The van der Waals surface area contributed by atoms with Crippen LogP contribution in [-0.2, 0) is 0 Å². The van der Waals surface area contributed by atoms with Crippen molar-refractivity contribution >= 4 is 0 Å². The Hall–Kier alpha value is -0.0800. The van der Waals surface area contributed by atoms with Gasteiger partial charge in [-0.3, -0.25) is 4.90 Å². The minimum Gasteiger partial charge on any atom is -0.313 e. The topological polar surface area (TPSA) is 15.3 Å². The molecule has 1 N–H and O–H groups in total. The van der Waals surface area contributed by atoms with Crippen LogP contribution in [0.1, 0.15) is 60.3 Å². The van der Waals surface area contributed by atoms with Crippen molar-refractivity contribution in [2.24, 2.45) is 11.8 Å². The SMILES string of the molecule is CCCC(C)NCC(C)N1CCC(C(C)C)CC1. The molecular formula is C16H34N2. The average molecular weight is 254 g/mol. The van der Waals surface area contributed by atoms with Crippen LogP contribution in [0.2, 0.25) is 0 Å². The summed E-state index contributed by atoms with van der Waals surface area (Å²) in [4.78, 5) is 2.67. The Morgan fingerprint density at radius 3 is 2.22 bits per heavy atom. The number of likely N-dealkylation sites (tertiary alicyclic amines) is 1. The number of piperidine rings is 1. The van der Waals surface area contributed by atoms with Gasteiger partial charge >= 0.3 is 0 Å². The van der Waals surface area contributed by atoms with E-state index in [0.717, 1.165) is 18.4 Å². The van der Waals surface area contributed by atoms with Gasteiger partial charge in [0.2, 0.25) is 0 Å². The molecular weight excluding hydrogens is 220 g/mol. The molecule has 0 aromatic carbocycles. The molecule has 0 saturated carbocycles. The highest BCUT2D eigenvalue weighted by atomic mass is 15.2. The molecule has 0 spiro atoms. The van der Waals surface area contributed by atoms with Gasteiger partial charge in [0, 0.05) is 18.6 Å². The molecule has 2 heteroatoms. The summed E-state index contributed by atoms with van der Waals surface area (Å²) >= 11 is 0. The van der Waals surface area contributed by atoms with E-state index in [0.29, 0.717) is 12.1 Å². The molecule has 1 fully saturated rings. The minimum absolute atomic E-state index is 0.672. The van der Waals surface area contributed by atoms with Gasteiger partial charge < -0.3 is 5.32 Å². The van der Waals surface area contributed by atoms with Gasteiger partial charge in [0.05, 0.1) is 0 Å². The first-order chi connectivity index (χ1) is 8.54. The summed E-state index contributed by atoms with van der Waals surface area (Å²) in [6, 6.07) is 1.36. The van der Waals surface area contributed by atoms with E-state index in [4.69, 9.17) is 0 Å². The van der Waals surface area contributed by atoms with Crippen LogP contribution in [0.4, 0.5) is 0 Å². The maximum Gasteiger partial charge on any atom is 0.0192 e. The van der Waals surface area contributed by atoms with Crippen LogP contribution in [0.15, 0.2) is 0 Å². The van der Waals surface area contributed by atoms with Gasteiger partial charge in [-0.05, 0) is 58.0 Å². The number of rotatable bonds is 7. The normalized spacial score (nSPS) is 22.3. The third-order valence-corrected chi connectivity index (χ3v) is 4.62. The minimum atomic E-state index is 0.672. The molecule has 0 radical (unpaired) electrons. The smallest absolute Gasteiger partial charge is 0.0192 e. The van der Waals surface area contributed by atoms with Crippen LogP contribution < -0.4 is 5.32 Å². The zero-order valence-electron chi connectivity index (χ0n) is 13.2. The van der Waals surface area contributed by atoms with Crippen molar-refractivity contribution in [1.29, 1.82) is 0 Å². The molecule has 2 unspecified atom stereocenters. The number of nitrogens with one attached hydrogen (secondary N) is 1. The van der Waals surface area contributed by atoms with Crippen LogP contribution in [-0.4, -0.2) is 36.6 Å². The fourth-order valence-corrected chi connectivity index (χ4v) is 3.06. The highest BCUT2D eigenvalue weighted by molar-refractivity contribution is 4.79. The van der Waals surface area contributed by atoms with Crippen molar-refractivity contribution in [1.82, 2.24) is 10.2 Å². The van der Waals surface area contributed by atoms with E-state index in [-0.39, 0.29) is 0 Å². The molecule has 1 aliphatic rings. The van der Waals surface area contributed by atoms with E-state index in [9.17, 15) is 0 Å². The molecule has 2 atom stereocenters. The second-order valence-electron chi connectivity index (χ2n) is 6.56. The fraction of sp³-hybridized carbons (Fsp3) is 1.00. The summed E-state index contributed by atoms with van der Waals surface area (Å²) in [5.74, 6) is 1.82. The number of hydrogen-bond acceptors (Lipinski definition) is 2. The molecule has 2 nitrogen and oxygen atoms in total. The lowest BCUT2D eigenvalue weighted by atomic mass is 9.86. The lowest BCUT2D eigenvalue weighted by Gasteiger charge is -2.37. The first-order valence-corrected chi connectivity index (χ1v) is 8.02. The standard InChI is InChI=1S/C16H34N2/c1-6-7-14(4)17-12-15(5)18-10-8-16(9-11-18)13(2)3/h13-17H,6-12H2,1-5H3. The van der Waals surface area contributed by atoms with Crippen molar-refractivity contribution in [2.45, 2.75) is 72.4 Å². The van der Waals surface area contributed by atoms with Gasteiger partial charge in [-0.1, -0.05) is 27.2 Å². The fourth-order valence-electron chi connectivity index (χ4n) is 3.06. The summed E-state index contributed by atoms with van der Waals surface area (Å²) in [5, 5.41) is 3.67. The maximum atomic E-state index is 3.67. The molecule has 0 aliphatic carbocycles. The largest absolute Gasteiger partial charge is 0.313 e. The van der Waals surface area contributed by atoms with E-state index >= 15 is 0 Å². The Kier molecular flexibility index (Phi) is 7.25. The Labute approximate surface area is 115 Å². The van der Waals surface area contributed by atoms with Gasteiger partial charge in [0.25, 0.3) is 0 Å². The maximum absolute atomic E-state index is 3.67. The predicted molar refractivity (Wildman–Crippen MR) is 81.0 cm³/mol. The van der Waals surface area contributed by atoms with E-state index in [1.807, 2.05) is 0 Å². The Balaban J connectivity index is 2.21. The molecule has 1 aliphatic heterocycles. The summed E-state index contributed by atoms with van der Waals surface area (Å²) in [6.07, 6.45) is 5.36. The van der Waals surface area contributed by atoms with Crippen molar-refractivity contribution in [3.8, 4) is 0 Å². The molecule has 0 aromatic rings. The van der Waals surface area contributed by atoms with Gasteiger partial charge in [0.15, 0.2) is 0 Å². The summed E-state index contributed by atoms with van der Waals surface area (Å²) < 4.78 is 0. The summed E-state index contributed by atoms with van der Waals surface area (Å²) in [6.45, 7) is 15.4. The van der Waals surface area contributed by atoms with Crippen LogP contribution >= 0.6 is 0 Å². The van der Waals surface area contributed by atoms with Crippen LogP contribution in [0.3, 0.4) is 0 Å². The van der Waals surface area contributed by atoms with E-state index < -0.39 is 0 Å². The zero-order chi connectivity index (χ0) is 13.5. The third-order valence-electron chi connectivity index (χ3n) is 4.62. The second kappa shape index (κ2) is 8.16. The van der Waals surface area contributed by atoms with Gasteiger partial charge in [0.1, 0.15) is 0 Å². The highest BCUT2D eigenvalue weighted by Crippen LogP contribution is 2.25. The monoisotopic (exact) mass is 254 g/mol. The molecule has 0 amide bonds. The lowest BCUT2D eigenvalue weighted by molar-refractivity contribution is 0.119. The van der Waals surface area contributed by atoms with E-state index in [2.05, 4.69) is 44.8 Å². The number of nitrogens with zero attached hydrogens (tertiary/aromatic N) is 1. The van der Waals surface area contributed by atoms with Crippen molar-refractivity contribution in [3.05, 3.63) is 0 Å².